The number of halogens is 1. The molecule has 0 saturated heterocycles. The Labute approximate surface area is 125 Å². The lowest BCUT2D eigenvalue weighted by atomic mass is 10.2. The van der Waals surface area contributed by atoms with Crippen molar-refractivity contribution < 1.29 is 23.7 Å². The van der Waals surface area contributed by atoms with Crippen LogP contribution in [-0.4, -0.2) is 26.7 Å². The predicted octanol–water partition coefficient (Wildman–Crippen LogP) is 3.45. The quantitative estimate of drug-likeness (QED) is 0.340. The zero-order valence-corrected chi connectivity index (χ0v) is 13.1. The highest BCUT2D eigenvalue weighted by Gasteiger charge is 2.17. The Balaban J connectivity index is 2.94. The van der Waals surface area contributed by atoms with Gasteiger partial charge in [-0.2, -0.15) is 0 Å². The maximum absolute atomic E-state index is 11.6. The number of benzene rings is 1. The highest BCUT2D eigenvalue weighted by Crippen LogP contribution is 2.34. The molecular formula is C13H15IO5. The predicted molar refractivity (Wildman–Crippen MR) is 79.4 cm³/mol. The normalized spacial score (nSPS) is 11.6. The van der Waals surface area contributed by atoms with Crippen molar-refractivity contribution in [3.63, 3.8) is 0 Å². The zero-order valence-electron chi connectivity index (χ0n) is 10.9. The molecule has 19 heavy (non-hydrogen) atoms. The molecule has 0 fully saturated rings. The van der Waals surface area contributed by atoms with Crippen LogP contribution >= 0.6 is 22.6 Å². The summed E-state index contributed by atoms with van der Waals surface area (Å²) in [6.45, 7) is 5.27. The molecule has 0 N–H and O–H groups in total. The summed E-state index contributed by atoms with van der Waals surface area (Å²) in [6, 6.07) is 3.54. The fraction of sp³-hybridized carbons (Fsp3) is 0.308. The maximum Gasteiger partial charge on any atom is 0.516 e. The Morgan fingerprint density at radius 1 is 1.42 bits per heavy atom. The minimum Gasteiger partial charge on any atom is -0.493 e. The zero-order chi connectivity index (χ0) is 14.4. The Bertz CT molecular complexity index is 472. The number of hydrogen-bond acceptors (Lipinski definition) is 5. The van der Waals surface area contributed by atoms with E-state index in [4.69, 9.17) is 18.9 Å². The minimum atomic E-state index is -0.850. The van der Waals surface area contributed by atoms with Crippen LogP contribution in [0.15, 0.2) is 18.7 Å². The summed E-state index contributed by atoms with van der Waals surface area (Å²) in [5, 5.41) is 0. The number of carbonyl (C=O) groups excluding carboxylic acids is 1. The third kappa shape index (κ3) is 4.39. The number of hydrogen-bond donors (Lipinski definition) is 0. The van der Waals surface area contributed by atoms with Crippen LogP contribution in [0.5, 0.6) is 11.5 Å². The van der Waals surface area contributed by atoms with E-state index in [9.17, 15) is 4.79 Å². The van der Waals surface area contributed by atoms with Gasteiger partial charge in [-0.05, 0) is 47.2 Å². The molecule has 6 heteroatoms. The smallest absolute Gasteiger partial charge is 0.493 e. The fourth-order valence-electron chi connectivity index (χ4n) is 1.25. The summed E-state index contributed by atoms with van der Waals surface area (Å²) in [5.41, 5.74) is 0.868. The summed E-state index contributed by atoms with van der Waals surface area (Å²) in [4.78, 5) is 11.6. The van der Waals surface area contributed by atoms with E-state index in [-0.39, 0.29) is 0 Å². The molecule has 0 saturated carbocycles. The molecule has 1 unspecified atom stereocenters. The number of carbonyl (C=O) groups is 1. The molecule has 0 radical (unpaired) electrons. The SMILES string of the molecule is C=Cc1cc(I)c(OC(=O)OC(C)OC)c(OC)c1. The summed E-state index contributed by atoms with van der Waals surface area (Å²) < 4.78 is 20.7. The Morgan fingerprint density at radius 2 is 2.11 bits per heavy atom. The first-order valence-corrected chi connectivity index (χ1v) is 6.51. The molecule has 1 atom stereocenters. The van der Waals surface area contributed by atoms with Crippen molar-refractivity contribution in [1.29, 1.82) is 0 Å². The van der Waals surface area contributed by atoms with Gasteiger partial charge in [0.2, 0.25) is 6.29 Å². The average Bonchev–Trinajstić information content (AvgIpc) is 2.40. The van der Waals surface area contributed by atoms with Gasteiger partial charge in [-0.3, -0.25) is 0 Å². The molecule has 104 valence electrons. The van der Waals surface area contributed by atoms with Crippen LogP contribution in [-0.2, 0) is 9.47 Å². The van der Waals surface area contributed by atoms with Crippen molar-refractivity contribution in [2.45, 2.75) is 13.2 Å². The van der Waals surface area contributed by atoms with Gasteiger partial charge in [0.1, 0.15) is 0 Å². The fourth-order valence-corrected chi connectivity index (χ4v) is 1.98. The molecule has 0 amide bonds. The Kier molecular flexibility index (Phi) is 6.10. The molecule has 5 nitrogen and oxygen atoms in total. The van der Waals surface area contributed by atoms with Gasteiger partial charge >= 0.3 is 6.16 Å². The number of methoxy groups -OCH3 is 2. The Hall–Kier alpha value is -1.28. The van der Waals surface area contributed by atoms with Gasteiger partial charge in [0.05, 0.1) is 10.7 Å². The van der Waals surface area contributed by atoms with E-state index in [1.165, 1.54) is 14.2 Å². The third-order valence-corrected chi connectivity index (χ3v) is 3.07. The molecule has 0 aliphatic carbocycles. The van der Waals surface area contributed by atoms with E-state index in [0.29, 0.717) is 15.1 Å². The van der Waals surface area contributed by atoms with E-state index in [0.717, 1.165) is 5.56 Å². The molecule has 0 aromatic heterocycles. The molecule has 0 aliphatic heterocycles. The van der Waals surface area contributed by atoms with Crippen molar-refractivity contribution >= 4 is 34.8 Å². The lowest BCUT2D eigenvalue weighted by molar-refractivity contribution is -0.0808. The first-order valence-electron chi connectivity index (χ1n) is 5.43. The largest absolute Gasteiger partial charge is 0.516 e. The van der Waals surface area contributed by atoms with Crippen LogP contribution in [0, 0.1) is 3.57 Å². The van der Waals surface area contributed by atoms with Gasteiger partial charge in [-0.1, -0.05) is 12.7 Å². The van der Waals surface area contributed by atoms with Crippen LogP contribution in [0.1, 0.15) is 12.5 Å². The van der Waals surface area contributed by atoms with Crippen LogP contribution < -0.4 is 9.47 Å². The summed E-state index contributed by atoms with van der Waals surface area (Å²) in [6.07, 6.45) is 0.153. The lowest BCUT2D eigenvalue weighted by Gasteiger charge is -2.14. The number of ether oxygens (including phenoxy) is 4. The van der Waals surface area contributed by atoms with E-state index in [1.54, 1.807) is 19.1 Å². The summed E-state index contributed by atoms with van der Waals surface area (Å²) in [5.74, 6) is 0.742. The molecule has 0 aliphatic rings. The van der Waals surface area contributed by atoms with E-state index < -0.39 is 12.4 Å². The highest BCUT2D eigenvalue weighted by atomic mass is 127. The second kappa shape index (κ2) is 7.34. The van der Waals surface area contributed by atoms with Gasteiger partial charge in [-0.25, -0.2) is 4.79 Å². The van der Waals surface area contributed by atoms with Gasteiger partial charge in [0, 0.05) is 7.11 Å². The lowest BCUT2D eigenvalue weighted by Crippen LogP contribution is -2.20. The molecule has 1 rings (SSSR count). The molecule has 1 aromatic rings. The molecule has 0 heterocycles. The van der Waals surface area contributed by atoms with E-state index in [1.807, 2.05) is 28.7 Å². The first kappa shape index (κ1) is 15.8. The Morgan fingerprint density at radius 3 is 2.63 bits per heavy atom. The molecule has 0 spiro atoms. The topological polar surface area (TPSA) is 54.0 Å². The van der Waals surface area contributed by atoms with E-state index >= 15 is 0 Å². The van der Waals surface area contributed by atoms with Crippen molar-refractivity contribution in [1.82, 2.24) is 0 Å². The van der Waals surface area contributed by atoms with Gasteiger partial charge < -0.3 is 18.9 Å². The van der Waals surface area contributed by atoms with E-state index in [2.05, 4.69) is 6.58 Å². The summed E-state index contributed by atoms with van der Waals surface area (Å²) in [7, 11) is 2.93. The second-order valence-corrected chi connectivity index (χ2v) is 4.67. The summed E-state index contributed by atoms with van der Waals surface area (Å²) >= 11 is 2.04. The van der Waals surface area contributed by atoms with Crippen LogP contribution in [0.25, 0.3) is 6.08 Å². The standard InChI is InChI=1S/C13H15IO5/c1-5-9-6-10(14)12(11(7-9)17-4)19-13(15)18-8(2)16-3/h5-8H,1H2,2-4H3. The molecule has 1 aromatic carbocycles. The van der Waals surface area contributed by atoms with Gasteiger partial charge in [0.15, 0.2) is 11.5 Å². The van der Waals surface area contributed by atoms with Crippen molar-refractivity contribution in [2.75, 3.05) is 14.2 Å². The van der Waals surface area contributed by atoms with Crippen LogP contribution in [0.2, 0.25) is 0 Å². The van der Waals surface area contributed by atoms with Crippen molar-refractivity contribution in [2.24, 2.45) is 0 Å². The molecule has 0 bridgehead atoms. The maximum atomic E-state index is 11.6. The highest BCUT2D eigenvalue weighted by molar-refractivity contribution is 14.1. The third-order valence-electron chi connectivity index (χ3n) is 2.27. The van der Waals surface area contributed by atoms with Crippen LogP contribution in [0.4, 0.5) is 4.79 Å². The van der Waals surface area contributed by atoms with Gasteiger partial charge in [0.25, 0.3) is 0 Å². The van der Waals surface area contributed by atoms with Gasteiger partial charge in [-0.15, -0.1) is 0 Å². The average molecular weight is 378 g/mol. The first-order chi connectivity index (χ1) is 9.01. The monoisotopic (exact) mass is 378 g/mol. The van der Waals surface area contributed by atoms with Crippen molar-refractivity contribution in [3.05, 3.63) is 27.8 Å². The molecular weight excluding hydrogens is 363 g/mol. The second-order valence-electron chi connectivity index (χ2n) is 3.51. The van der Waals surface area contributed by atoms with Crippen LogP contribution in [0.3, 0.4) is 0 Å². The van der Waals surface area contributed by atoms with Crippen molar-refractivity contribution in [3.8, 4) is 11.5 Å². The number of rotatable bonds is 5. The minimum absolute atomic E-state index is 0.307.